The first-order valence-electron chi connectivity index (χ1n) is 9.63. The molecule has 0 amide bonds. The number of aromatic hydroxyl groups is 1. The molecule has 28 heavy (non-hydrogen) atoms. The van der Waals surface area contributed by atoms with E-state index in [1.54, 1.807) is 6.26 Å². The van der Waals surface area contributed by atoms with Crippen molar-refractivity contribution in [2.24, 2.45) is 5.92 Å². The fraction of sp³-hybridized carbons (Fsp3) is 0.526. The van der Waals surface area contributed by atoms with E-state index in [1.807, 2.05) is 26.0 Å². The maximum absolute atomic E-state index is 12.3. The topological polar surface area (TPSA) is 93.1 Å². The molecule has 0 aliphatic carbocycles. The lowest BCUT2D eigenvalue weighted by molar-refractivity contribution is -0.150. The standard InChI is InChI=1S/C19H24N4O4S/c1-3-14-20-19-23(21-14)17(24)16(28-19)15(13-8-6-10-27-13)22-9-5-7-12(11-22)18(25)26-4-2/h6,8,10,12,15,24H,3-5,7,9,11H2,1-2H3. The van der Waals surface area contributed by atoms with Gasteiger partial charge in [0.05, 0.1) is 23.7 Å². The lowest BCUT2D eigenvalue weighted by Gasteiger charge is -2.36. The molecule has 4 heterocycles. The van der Waals surface area contributed by atoms with Gasteiger partial charge in [0.25, 0.3) is 0 Å². The van der Waals surface area contributed by atoms with Crippen molar-refractivity contribution in [1.29, 1.82) is 0 Å². The van der Waals surface area contributed by atoms with Crippen LogP contribution in [0.4, 0.5) is 0 Å². The van der Waals surface area contributed by atoms with Crippen molar-refractivity contribution in [3.63, 3.8) is 0 Å². The van der Waals surface area contributed by atoms with Gasteiger partial charge in [0.2, 0.25) is 10.8 Å². The second kappa shape index (κ2) is 7.92. The van der Waals surface area contributed by atoms with Gasteiger partial charge in [-0.05, 0) is 38.4 Å². The van der Waals surface area contributed by atoms with Crippen molar-refractivity contribution < 1.29 is 19.1 Å². The molecule has 0 saturated carbocycles. The van der Waals surface area contributed by atoms with Crippen molar-refractivity contribution in [1.82, 2.24) is 19.5 Å². The van der Waals surface area contributed by atoms with Crippen LogP contribution in [0, 0.1) is 5.92 Å². The molecule has 1 aliphatic heterocycles. The summed E-state index contributed by atoms with van der Waals surface area (Å²) in [6.45, 7) is 5.53. The molecule has 1 aliphatic rings. The Kier molecular flexibility index (Phi) is 5.36. The summed E-state index contributed by atoms with van der Waals surface area (Å²) >= 11 is 1.40. The predicted octanol–water partition coefficient (Wildman–Crippen LogP) is 3.02. The number of furan rings is 1. The molecule has 4 rings (SSSR count). The van der Waals surface area contributed by atoms with Crippen molar-refractivity contribution in [2.75, 3.05) is 19.7 Å². The molecule has 3 aromatic rings. The lowest BCUT2D eigenvalue weighted by Crippen LogP contribution is -2.41. The molecule has 0 radical (unpaired) electrons. The lowest BCUT2D eigenvalue weighted by atomic mass is 9.96. The minimum atomic E-state index is -0.300. The Bertz CT molecular complexity index is 949. The zero-order valence-electron chi connectivity index (χ0n) is 16.0. The summed E-state index contributed by atoms with van der Waals surface area (Å²) in [5.74, 6) is 1.15. The van der Waals surface area contributed by atoms with Crippen LogP contribution < -0.4 is 0 Å². The fourth-order valence-corrected chi connectivity index (χ4v) is 4.85. The Morgan fingerprint density at radius 2 is 2.36 bits per heavy atom. The second-order valence-electron chi connectivity index (χ2n) is 6.87. The number of nitrogens with zero attached hydrogens (tertiary/aromatic N) is 4. The monoisotopic (exact) mass is 404 g/mol. The van der Waals surface area contributed by atoms with Gasteiger partial charge in [-0.2, -0.15) is 4.52 Å². The van der Waals surface area contributed by atoms with Crippen LogP contribution in [0.2, 0.25) is 0 Å². The molecule has 9 heteroatoms. The van der Waals surface area contributed by atoms with Crippen LogP contribution in [0.25, 0.3) is 4.96 Å². The number of piperidine rings is 1. The average molecular weight is 404 g/mol. The number of hydrogen-bond donors (Lipinski definition) is 1. The summed E-state index contributed by atoms with van der Waals surface area (Å²) in [5.41, 5.74) is 0. The smallest absolute Gasteiger partial charge is 0.310 e. The van der Waals surface area contributed by atoms with Crippen LogP contribution in [0.1, 0.15) is 49.2 Å². The second-order valence-corrected chi connectivity index (χ2v) is 7.88. The largest absolute Gasteiger partial charge is 0.492 e. The van der Waals surface area contributed by atoms with Gasteiger partial charge in [-0.1, -0.05) is 18.3 Å². The SMILES string of the molecule is CCOC(=O)C1CCCN(C(c2ccco2)c2sc3nc(CC)nn3c2O)C1. The van der Waals surface area contributed by atoms with Gasteiger partial charge in [0.1, 0.15) is 11.8 Å². The maximum Gasteiger partial charge on any atom is 0.310 e. The van der Waals surface area contributed by atoms with Crippen LogP contribution >= 0.6 is 11.3 Å². The van der Waals surface area contributed by atoms with E-state index in [0.29, 0.717) is 30.4 Å². The Balaban J connectivity index is 1.70. The molecule has 1 fully saturated rings. The number of aromatic nitrogens is 3. The molecule has 0 aromatic carbocycles. The third-order valence-electron chi connectivity index (χ3n) is 5.06. The minimum absolute atomic E-state index is 0.0758. The molecule has 0 bridgehead atoms. The normalized spacial score (nSPS) is 19.1. The number of esters is 1. The number of hydrogen-bond acceptors (Lipinski definition) is 8. The fourth-order valence-electron chi connectivity index (χ4n) is 3.73. The number of carbonyl (C=O) groups is 1. The summed E-state index contributed by atoms with van der Waals surface area (Å²) in [5, 5.41) is 15.2. The van der Waals surface area contributed by atoms with E-state index in [1.165, 1.54) is 15.9 Å². The zero-order valence-corrected chi connectivity index (χ0v) is 16.8. The van der Waals surface area contributed by atoms with Crippen LogP contribution in [0.3, 0.4) is 0 Å². The van der Waals surface area contributed by atoms with Gasteiger partial charge in [-0.25, -0.2) is 4.98 Å². The average Bonchev–Trinajstić information content (AvgIpc) is 3.42. The summed E-state index contributed by atoms with van der Waals surface area (Å²) in [6.07, 6.45) is 4.01. The number of aryl methyl sites for hydroxylation is 1. The van der Waals surface area contributed by atoms with Gasteiger partial charge < -0.3 is 14.3 Å². The highest BCUT2D eigenvalue weighted by atomic mass is 32.1. The van der Waals surface area contributed by atoms with Crippen molar-refractivity contribution in [2.45, 2.75) is 39.2 Å². The van der Waals surface area contributed by atoms with Gasteiger partial charge in [0.15, 0.2) is 5.82 Å². The quantitative estimate of drug-likeness (QED) is 0.631. The van der Waals surface area contributed by atoms with Gasteiger partial charge >= 0.3 is 5.97 Å². The van der Waals surface area contributed by atoms with Crippen LogP contribution in [-0.4, -0.2) is 50.3 Å². The van der Waals surface area contributed by atoms with Crippen molar-refractivity contribution in [3.8, 4) is 5.88 Å². The Morgan fingerprint density at radius 3 is 3.04 bits per heavy atom. The first-order chi connectivity index (χ1) is 13.6. The highest BCUT2D eigenvalue weighted by Crippen LogP contribution is 2.41. The van der Waals surface area contributed by atoms with E-state index in [4.69, 9.17) is 9.15 Å². The number of likely N-dealkylation sites (tertiary alicyclic amines) is 1. The van der Waals surface area contributed by atoms with Crippen molar-refractivity contribution in [3.05, 3.63) is 34.9 Å². The number of carbonyl (C=O) groups excluding carboxylic acids is 1. The first kappa shape index (κ1) is 18.9. The molecule has 2 atom stereocenters. The zero-order chi connectivity index (χ0) is 19.7. The van der Waals surface area contributed by atoms with Crippen LogP contribution in [-0.2, 0) is 16.0 Å². The molecule has 2 unspecified atom stereocenters. The van der Waals surface area contributed by atoms with Crippen LogP contribution in [0.5, 0.6) is 5.88 Å². The number of rotatable bonds is 6. The molecular weight excluding hydrogens is 380 g/mol. The maximum atomic E-state index is 12.3. The highest BCUT2D eigenvalue weighted by Gasteiger charge is 2.36. The summed E-state index contributed by atoms with van der Waals surface area (Å²) in [4.78, 5) is 20.3. The van der Waals surface area contributed by atoms with Gasteiger partial charge in [-0.3, -0.25) is 9.69 Å². The molecule has 8 nitrogen and oxygen atoms in total. The molecule has 1 N–H and O–H groups in total. The molecule has 150 valence electrons. The molecule has 3 aromatic heterocycles. The van der Waals surface area contributed by atoms with E-state index >= 15 is 0 Å². The Morgan fingerprint density at radius 1 is 1.50 bits per heavy atom. The van der Waals surface area contributed by atoms with E-state index in [2.05, 4.69) is 15.0 Å². The predicted molar refractivity (Wildman–Crippen MR) is 103 cm³/mol. The molecule has 1 saturated heterocycles. The highest BCUT2D eigenvalue weighted by molar-refractivity contribution is 7.17. The van der Waals surface area contributed by atoms with Gasteiger partial charge in [-0.15, -0.1) is 5.10 Å². The number of ether oxygens (including phenoxy) is 1. The third kappa shape index (κ3) is 3.40. The van der Waals surface area contributed by atoms with Crippen molar-refractivity contribution >= 4 is 22.3 Å². The number of fused-ring (bicyclic) bond motifs is 1. The summed E-state index contributed by atoms with van der Waals surface area (Å²) < 4.78 is 12.4. The van der Waals surface area contributed by atoms with Gasteiger partial charge in [0, 0.05) is 13.0 Å². The Labute approximate surface area is 166 Å². The third-order valence-corrected chi connectivity index (χ3v) is 6.13. The minimum Gasteiger partial charge on any atom is -0.492 e. The summed E-state index contributed by atoms with van der Waals surface area (Å²) in [6, 6.07) is 3.43. The van der Waals surface area contributed by atoms with E-state index in [9.17, 15) is 9.90 Å². The molecular formula is C19H24N4O4S. The first-order valence-corrected chi connectivity index (χ1v) is 10.4. The van der Waals surface area contributed by atoms with Crippen LogP contribution in [0.15, 0.2) is 22.8 Å². The van der Waals surface area contributed by atoms with E-state index in [-0.39, 0.29) is 23.8 Å². The summed E-state index contributed by atoms with van der Waals surface area (Å²) in [7, 11) is 0. The van der Waals surface area contributed by atoms with E-state index < -0.39 is 0 Å². The Hall–Kier alpha value is -2.39. The van der Waals surface area contributed by atoms with E-state index in [0.717, 1.165) is 30.0 Å². The number of thiazole rings is 1. The molecule has 0 spiro atoms.